The van der Waals surface area contributed by atoms with Gasteiger partial charge in [-0.2, -0.15) is 13.2 Å². The second kappa shape index (κ2) is 4.96. The fourth-order valence-corrected chi connectivity index (χ4v) is 1.11. The van der Waals surface area contributed by atoms with Crippen LogP contribution in [0.5, 0.6) is 11.5 Å². The molecule has 0 radical (unpaired) electrons. The maximum Gasteiger partial charge on any atom is 0.405 e. The van der Waals surface area contributed by atoms with Gasteiger partial charge in [0.1, 0.15) is 18.0 Å². The molecule has 0 amide bonds. The molecular weight excluding hydrogens is 223 g/mol. The third-order valence-corrected chi connectivity index (χ3v) is 1.84. The lowest BCUT2D eigenvalue weighted by Crippen LogP contribution is -2.21. The normalized spacial score (nSPS) is 11.1. The van der Waals surface area contributed by atoms with Crippen molar-refractivity contribution in [3.63, 3.8) is 0 Å². The number of rotatable bonds is 4. The van der Waals surface area contributed by atoms with Gasteiger partial charge in [-0.25, -0.2) is 0 Å². The Morgan fingerprint density at radius 1 is 1.06 bits per heavy atom. The molecule has 1 rings (SSSR count). The molecule has 0 aliphatic heterocycles. The first kappa shape index (κ1) is 12.5. The fraction of sp³-hybridized carbons (Fsp3) is 0.400. The van der Waals surface area contributed by atoms with E-state index in [1.54, 1.807) is 6.07 Å². The Morgan fingerprint density at radius 3 is 1.94 bits per heavy atom. The van der Waals surface area contributed by atoms with Crippen molar-refractivity contribution in [2.45, 2.75) is 6.18 Å². The number of hydrogen-bond donors (Lipinski definition) is 1. The average Bonchev–Trinajstić information content (AvgIpc) is 2.25. The van der Waals surface area contributed by atoms with Crippen LogP contribution in [0.1, 0.15) is 0 Å². The number of methoxy groups -OCH3 is 2. The molecule has 0 fully saturated rings. The van der Waals surface area contributed by atoms with E-state index in [2.05, 4.69) is 5.32 Å². The van der Waals surface area contributed by atoms with E-state index in [1.807, 2.05) is 0 Å². The topological polar surface area (TPSA) is 30.5 Å². The molecule has 16 heavy (non-hydrogen) atoms. The summed E-state index contributed by atoms with van der Waals surface area (Å²) >= 11 is 0. The van der Waals surface area contributed by atoms with Gasteiger partial charge in [0.05, 0.1) is 14.2 Å². The maximum absolute atomic E-state index is 12.0. The number of ether oxygens (including phenoxy) is 2. The number of halogens is 3. The lowest BCUT2D eigenvalue weighted by Gasteiger charge is -2.12. The Morgan fingerprint density at radius 2 is 1.56 bits per heavy atom. The third kappa shape index (κ3) is 3.88. The first-order chi connectivity index (χ1) is 7.44. The van der Waals surface area contributed by atoms with Crippen molar-refractivity contribution in [2.75, 3.05) is 26.1 Å². The Bertz CT molecular complexity index is 330. The summed E-state index contributed by atoms with van der Waals surface area (Å²) in [6.45, 7) is -1.09. The van der Waals surface area contributed by atoms with E-state index in [9.17, 15) is 13.2 Å². The molecule has 1 N–H and O–H groups in total. The zero-order valence-electron chi connectivity index (χ0n) is 8.89. The average molecular weight is 235 g/mol. The van der Waals surface area contributed by atoms with Crippen LogP contribution >= 0.6 is 0 Å². The van der Waals surface area contributed by atoms with E-state index in [1.165, 1.54) is 26.4 Å². The van der Waals surface area contributed by atoms with Gasteiger partial charge in [-0.1, -0.05) is 0 Å². The van der Waals surface area contributed by atoms with Crippen LogP contribution in [0.4, 0.5) is 18.9 Å². The Hall–Kier alpha value is -1.59. The van der Waals surface area contributed by atoms with Crippen LogP contribution in [0, 0.1) is 0 Å². The largest absolute Gasteiger partial charge is 0.497 e. The standard InChI is InChI=1S/C10H12F3NO2/c1-15-8-3-7(4-9(5-8)16-2)14-6-10(11,12)13/h3-5,14H,6H2,1-2H3. The van der Waals surface area contributed by atoms with Crippen molar-refractivity contribution in [3.8, 4) is 11.5 Å². The van der Waals surface area contributed by atoms with Crippen molar-refractivity contribution < 1.29 is 22.6 Å². The maximum atomic E-state index is 12.0. The van der Waals surface area contributed by atoms with Crippen LogP contribution in [0.3, 0.4) is 0 Å². The lowest BCUT2D eigenvalue weighted by molar-refractivity contribution is -0.115. The predicted molar refractivity (Wildman–Crippen MR) is 54.1 cm³/mol. The van der Waals surface area contributed by atoms with Crippen molar-refractivity contribution >= 4 is 5.69 Å². The molecule has 0 heterocycles. The molecule has 3 nitrogen and oxygen atoms in total. The SMILES string of the molecule is COc1cc(NCC(F)(F)F)cc(OC)c1. The monoisotopic (exact) mass is 235 g/mol. The van der Waals surface area contributed by atoms with Gasteiger partial charge in [-0.15, -0.1) is 0 Å². The lowest BCUT2D eigenvalue weighted by atomic mass is 10.2. The highest BCUT2D eigenvalue weighted by molar-refractivity contribution is 5.53. The Labute approximate surface area is 91.2 Å². The highest BCUT2D eigenvalue weighted by atomic mass is 19.4. The summed E-state index contributed by atoms with van der Waals surface area (Å²) in [7, 11) is 2.87. The molecule has 0 atom stereocenters. The summed E-state index contributed by atoms with van der Waals surface area (Å²) in [6.07, 6.45) is -4.25. The van der Waals surface area contributed by atoms with Crippen molar-refractivity contribution in [3.05, 3.63) is 18.2 Å². The molecule has 1 aromatic carbocycles. The van der Waals surface area contributed by atoms with Crippen molar-refractivity contribution in [1.29, 1.82) is 0 Å². The van der Waals surface area contributed by atoms with E-state index in [0.29, 0.717) is 17.2 Å². The zero-order chi connectivity index (χ0) is 12.2. The van der Waals surface area contributed by atoms with Crippen LogP contribution in [-0.2, 0) is 0 Å². The second-order valence-electron chi connectivity index (χ2n) is 3.07. The minimum Gasteiger partial charge on any atom is -0.497 e. The molecule has 0 unspecified atom stereocenters. The molecule has 0 saturated carbocycles. The predicted octanol–water partition coefficient (Wildman–Crippen LogP) is 2.68. The number of hydrogen-bond acceptors (Lipinski definition) is 3. The number of anilines is 1. The summed E-state index contributed by atoms with van der Waals surface area (Å²) in [6, 6.07) is 4.52. The molecule has 0 aliphatic carbocycles. The summed E-state index contributed by atoms with van der Waals surface area (Å²) in [5, 5.41) is 2.25. The molecule has 90 valence electrons. The summed E-state index contributed by atoms with van der Waals surface area (Å²) in [4.78, 5) is 0. The third-order valence-electron chi connectivity index (χ3n) is 1.84. The minimum absolute atomic E-state index is 0.300. The van der Waals surface area contributed by atoms with Crippen LogP contribution < -0.4 is 14.8 Å². The van der Waals surface area contributed by atoms with E-state index < -0.39 is 12.7 Å². The zero-order valence-corrected chi connectivity index (χ0v) is 8.89. The molecular formula is C10H12F3NO2. The van der Waals surface area contributed by atoms with Gasteiger partial charge in [0, 0.05) is 23.9 Å². The number of alkyl halides is 3. The minimum atomic E-state index is -4.25. The number of nitrogens with one attached hydrogen (secondary N) is 1. The Kier molecular flexibility index (Phi) is 3.87. The van der Waals surface area contributed by atoms with Crippen molar-refractivity contribution in [2.24, 2.45) is 0 Å². The van der Waals surface area contributed by atoms with Crippen LogP contribution in [0.15, 0.2) is 18.2 Å². The van der Waals surface area contributed by atoms with Crippen LogP contribution in [-0.4, -0.2) is 26.9 Å². The van der Waals surface area contributed by atoms with E-state index >= 15 is 0 Å². The van der Waals surface area contributed by atoms with Crippen LogP contribution in [0.25, 0.3) is 0 Å². The van der Waals surface area contributed by atoms with Crippen LogP contribution in [0.2, 0.25) is 0 Å². The summed E-state index contributed by atoms with van der Waals surface area (Å²) in [5.41, 5.74) is 0.300. The van der Waals surface area contributed by atoms with Gasteiger partial charge in [-0.05, 0) is 0 Å². The molecule has 0 aliphatic rings. The smallest absolute Gasteiger partial charge is 0.405 e. The van der Waals surface area contributed by atoms with Gasteiger partial charge in [0.2, 0.25) is 0 Å². The van der Waals surface area contributed by atoms with E-state index in [4.69, 9.17) is 9.47 Å². The summed E-state index contributed by atoms with van der Waals surface area (Å²) < 4.78 is 45.8. The van der Waals surface area contributed by atoms with Gasteiger partial charge in [0.15, 0.2) is 0 Å². The van der Waals surface area contributed by atoms with Gasteiger partial charge < -0.3 is 14.8 Å². The number of benzene rings is 1. The first-order valence-corrected chi connectivity index (χ1v) is 4.48. The second-order valence-corrected chi connectivity index (χ2v) is 3.07. The first-order valence-electron chi connectivity index (χ1n) is 4.48. The fourth-order valence-electron chi connectivity index (χ4n) is 1.11. The van der Waals surface area contributed by atoms with E-state index in [0.717, 1.165) is 0 Å². The molecule has 0 aromatic heterocycles. The van der Waals surface area contributed by atoms with E-state index in [-0.39, 0.29) is 0 Å². The van der Waals surface area contributed by atoms with Gasteiger partial charge >= 0.3 is 6.18 Å². The van der Waals surface area contributed by atoms with Crippen molar-refractivity contribution in [1.82, 2.24) is 0 Å². The quantitative estimate of drug-likeness (QED) is 0.870. The molecule has 0 bridgehead atoms. The van der Waals surface area contributed by atoms with Gasteiger partial charge in [0.25, 0.3) is 0 Å². The van der Waals surface area contributed by atoms with Gasteiger partial charge in [-0.3, -0.25) is 0 Å². The Balaban J connectivity index is 2.79. The highest BCUT2D eigenvalue weighted by Crippen LogP contribution is 2.26. The molecule has 0 saturated heterocycles. The molecule has 6 heteroatoms. The molecule has 1 aromatic rings. The highest BCUT2D eigenvalue weighted by Gasteiger charge is 2.26. The summed E-state index contributed by atoms with van der Waals surface area (Å²) in [5.74, 6) is 0.869. The molecule has 0 spiro atoms.